The molecule has 7 rings (SSSR count). The first-order valence-electron chi connectivity index (χ1n) is 9.13. The van der Waals surface area contributed by atoms with Crippen molar-refractivity contribution in [1.82, 2.24) is 0 Å². The van der Waals surface area contributed by atoms with Crippen LogP contribution in [0.5, 0.6) is 0 Å². The van der Waals surface area contributed by atoms with Gasteiger partial charge in [-0.3, -0.25) is 0 Å². The van der Waals surface area contributed by atoms with Crippen molar-refractivity contribution in [3.05, 3.63) is 84.9 Å². The fourth-order valence-corrected chi connectivity index (χ4v) is 5.06. The Bertz CT molecular complexity index is 1610. The summed E-state index contributed by atoms with van der Waals surface area (Å²) in [6.45, 7) is 0. The summed E-state index contributed by atoms with van der Waals surface area (Å²) >= 11 is 0. The van der Waals surface area contributed by atoms with E-state index >= 15 is 0 Å². The second-order valence-electron chi connectivity index (χ2n) is 7.37. The lowest BCUT2D eigenvalue weighted by atomic mass is 9.84. The van der Waals surface area contributed by atoms with Gasteiger partial charge in [-0.15, -0.1) is 0 Å². The van der Waals surface area contributed by atoms with Crippen LogP contribution in [0.2, 0.25) is 0 Å². The van der Waals surface area contributed by atoms with Crippen LogP contribution in [0.1, 0.15) is 0 Å². The number of benzene rings is 7. The molecule has 0 saturated carbocycles. The summed E-state index contributed by atoms with van der Waals surface area (Å²) in [4.78, 5) is 0. The zero-order chi connectivity index (χ0) is 16.8. The van der Waals surface area contributed by atoms with Gasteiger partial charge in [-0.1, -0.05) is 78.9 Å². The first-order valence-corrected chi connectivity index (χ1v) is 9.13. The van der Waals surface area contributed by atoms with Crippen molar-refractivity contribution in [2.45, 2.75) is 0 Å². The normalized spacial score (nSPS) is 12.6. The fraction of sp³-hybridized carbons (Fsp3) is 0. The van der Waals surface area contributed by atoms with Gasteiger partial charge < -0.3 is 0 Å². The standard InChI is InChI=1S/C26H14/c1-2-6-20-18(4-1)14-19-13-12-17-11-10-16-9-8-15-5-3-7-21-22(15)23(16)24(17)25(19)26(20)21/h1-14H. The van der Waals surface area contributed by atoms with E-state index in [0.29, 0.717) is 0 Å². The zero-order valence-electron chi connectivity index (χ0n) is 14.1. The van der Waals surface area contributed by atoms with Gasteiger partial charge in [0.2, 0.25) is 0 Å². The van der Waals surface area contributed by atoms with E-state index in [4.69, 9.17) is 0 Å². The van der Waals surface area contributed by atoms with Gasteiger partial charge in [0, 0.05) is 0 Å². The van der Waals surface area contributed by atoms with Crippen LogP contribution in [-0.4, -0.2) is 0 Å². The van der Waals surface area contributed by atoms with Crippen LogP contribution in [0.25, 0.3) is 64.6 Å². The Hall–Kier alpha value is -3.38. The van der Waals surface area contributed by atoms with Gasteiger partial charge >= 0.3 is 0 Å². The highest BCUT2D eigenvalue weighted by atomic mass is 14.2. The lowest BCUT2D eigenvalue weighted by molar-refractivity contribution is 1.79. The molecule has 0 aromatic heterocycles. The maximum Gasteiger partial charge on any atom is -0.00137 e. The highest BCUT2D eigenvalue weighted by Gasteiger charge is 2.18. The molecule has 7 aromatic rings. The minimum absolute atomic E-state index is 1.32. The summed E-state index contributed by atoms with van der Waals surface area (Å²) in [5, 5.41) is 16.5. The van der Waals surface area contributed by atoms with Gasteiger partial charge in [-0.2, -0.15) is 0 Å². The van der Waals surface area contributed by atoms with Crippen molar-refractivity contribution in [3.63, 3.8) is 0 Å². The van der Waals surface area contributed by atoms with Gasteiger partial charge in [0.05, 0.1) is 0 Å². The Balaban J connectivity index is 2.04. The lowest BCUT2D eigenvalue weighted by Gasteiger charge is -2.19. The number of hydrogen-bond donors (Lipinski definition) is 0. The molecule has 0 amide bonds. The topological polar surface area (TPSA) is 0 Å². The summed E-state index contributed by atoms with van der Waals surface area (Å²) < 4.78 is 0. The maximum atomic E-state index is 2.35. The Morgan fingerprint density at radius 1 is 0.308 bits per heavy atom. The molecule has 0 nitrogen and oxygen atoms in total. The van der Waals surface area contributed by atoms with Crippen molar-refractivity contribution in [2.75, 3.05) is 0 Å². The molecule has 0 aliphatic carbocycles. The monoisotopic (exact) mass is 326 g/mol. The molecule has 0 radical (unpaired) electrons. The van der Waals surface area contributed by atoms with Crippen molar-refractivity contribution >= 4 is 64.6 Å². The van der Waals surface area contributed by atoms with Crippen LogP contribution in [0.4, 0.5) is 0 Å². The van der Waals surface area contributed by atoms with Crippen molar-refractivity contribution in [3.8, 4) is 0 Å². The van der Waals surface area contributed by atoms with E-state index in [9.17, 15) is 0 Å². The highest BCUT2D eigenvalue weighted by molar-refractivity contribution is 6.43. The molecule has 26 heavy (non-hydrogen) atoms. The summed E-state index contributed by atoms with van der Waals surface area (Å²) in [5.41, 5.74) is 0. The summed E-state index contributed by atoms with van der Waals surface area (Å²) in [6.07, 6.45) is 0. The average molecular weight is 326 g/mol. The summed E-state index contributed by atoms with van der Waals surface area (Å²) in [7, 11) is 0. The predicted octanol–water partition coefficient (Wildman–Crippen LogP) is 7.48. The second-order valence-corrected chi connectivity index (χ2v) is 7.37. The molecule has 0 atom stereocenters. The molecule has 0 heteroatoms. The van der Waals surface area contributed by atoms with Crippen molar-refractivity contribution in [1.29, 1.82) is 0 Å². The number of fused-ring (bicyclic) bond motifs is 3. The van der Waals surface area contributed by atoms with Crippen LogP contribution in [0.15, 0.2) is 84.9 Å². The molecular weight excluding hydrogens is 312 g/mol. The van der Waals surface area contributed by atoms with E-state index in [-0.39, 0.29) is 0 Å². The molecule has 0 aliphatic heterocycles. The molecular formula is C26H14. The van der Waals surface area contributed by atoms with Crippen molar-refractivity contribution < 1.29 is 0 Å². The molecule has 118 valence electrons. The average Bonchev–Trinajstić information content (AvgIpc) is 2.71. The predicted molar refractivity (Wildman–Crippen MR) is 114 cm³/mol. The first-order chi connectivity index (χ1) is 12.9. The van der Waals surface area contributed by atoms with E-state index in [0.717, 1.165) is 0 Å². The second kappa shape index (κ2) is 4.23. The van der Waals surface area contributed by atoms with E-state index in [1.165, 1.54) is 64.6 Å². The minimum Gasteiger partial charge on any atom is -0.0616 e. The van der Waals surface area contributed by atoms with Crippen LogP contribution in [0, 0.1) is 0 Å². The van der Waals surface area contributed by atoms with E-state index < -0.39 is 0 Å². The van der Waals surface area contributed by atoms with Crippen molar-refractivity contribution in [2.24, 2.45) is 0 Å². The zero-order valence-corrected chi connectivity index (χ0v) is 14.1. The quantitative estimate of drug-likeness (QED) is 0.200. The Kier molecular flexibility index (Phi) is 2.10. The third-order valence-corrected chi connectivity index (χ3v) is 6.10. The maximum absolute atomic E-state index is 2.35. The molecule has 0 fully saturated rings. The smallest absolute Gasteiger partial charge is 0.00137 e. The molecule has 0 aliphatic rings. The minimum atomic E-state index is 1.32. The Morgan fingerprint density at radius 2 is 0.846 bits per heavy atom. The third kappa shape index (κ3) is 1.35. The molecule has 0 heterocycles. The van der Waals surface area contributed by atoms with Crippen LogP contribution in [-0.2, 0) is 0 Å². The molecule has 0 spiro atoms. The summed E-state index contributed by atoms with van der Waals surface area (Å²) in [6, 6.07) is 31.5. The van der Waals surface area contributed by atoms with E-state index in [1.807, 2.05) is 0 Å². The fourth-order valence-electron chi connectivity index (χ4n) is 5.06. The molecule has 7 aromatic carbocycles. The molecule has 0 bridgehead atoms. The molecule has 0 unspecified atom stereocenters. The van der Waals surface area contributed by atoms with Crippen LogP contribution < -0.4 is 0 Å². The Morgan fingerprint density at radius 3 is 1.65 bits per heavy atom. The Labute approximate surface area is 149 Å². The summed E-state index contributed by atoms with van der Waals surface area (Å²) in [5.74, 6) is 0. The number of rotatable bonds is 0. The SMILES string of the molecule is c1ccc2c(c1)cc1ccc3ccc4ccc5cccc6c5c4c3c1c26. The van der Waals surface area contributed by atoms with Gasteiger partial charge in [0.1, 0.15) is 0 Å². The van der Waals surface area contributed by atoms with E-state index in [1.54, 1.807) is 0 Å². The van der Waals surface area contributed by atoms with Gasteiger partial charge in [0.15, 0.2) is 0 Å². The van der Waals surface area contributed by atoms with Gasteiger partial charge in [-0.05, 0) is 70.7 Å². The van der Waals surface area contributed by atoms with Crippen LogP contribution in [0.3, 0.4) is 0 Å². The first kappa shape index (κ1) is 12.9. The van der Waals surface area contributed by atoms with Gasteiger partial charge in [-0.25, -0.2) is 0 Å². The van der Waals surface area contributed by atoms with E-state index in [2.05, 4.69) is 84.9 Å². The lowest BCUT2D eigenvalue weighted by Crippen LogP contribution is -1.90. The van der Waals surface area contributed by atoms with Gasteiger partial charge in [0.25, 0.3) is 0 Å². The number of hydrogen-bond acceptors (Lipinski definition) is 0. The third-order valence-electron chi connectivity index (χ3n) is 6.10. The van der Waals surface area contributed by atoms with Crippen LogP contribution >= 0.6 is 0 Å². The largest absolute Gasteiger partial charge is 0.0616 e. The molecule has 0 saturated heterocycles. The molecule has 0 N–H and O–H groups in total. The highest BCUT2D eigenvalue weighted by Crippen LogP contribution is 2.46.